The SMILES string of the molecule is C[Si](C)(C)c1n[nH]nc1C1NCCS1. The van der Waals surface area contributed by atoms with Gasteiger partial charge in [-0.3, -0.25) is 5.32 Å². The molecule has 0 amide bonds. The molecule has 1 aromatic rings. The molecule has 1 fully saturated rings. The predicted octanol–water partition coefficient (Wildman–Crippen LogP) is 0.685. The summed E-state index contributed by atoms with van der Waals surface area (Å²) in [6, 6.07) is 0. The van der Waals surface area contributed by atoms with Crippen molar-refractivity contribution in [3.8, 4) is 0 Å². The summed E-state index contributed by atoms with van der Waals surface area (Å²) in [4.78, 5) is 0. The van der Waals surface area contributed by atoms with Crippen LogP contribution in [0.5, 0.6) is 0 Å². The average Bonchev–Trinajstić information content (AvgIpc) is 2.73. The van der Waals surface area contributed by atoms with E-state index in [1.54, 1.807) is 0 Å². The summed E-state index contributed by atoms with van der Waals surface area (Å²) in [5, 5.41) is 16.4. The van der Waals surface area contributed by atoms with Crippen molar-refractivity contribution >= 4 is 25.2 Å². The Morgan fingerprint density at radius 3 is 2.71 bits per heavy atom. The third-order valence-electron chi connectivity index (χ3n) is 2.25. The highest BCUT2D eigenvalue weighted by Crippen LogP contribution is 2.27. The Hall–Kier alpha value is -0.333. The maximum Gasteiger partial charge on any atom is 0.108 e. The molecule has 2 heterocycles. The van der Waals surface area contributed by atoms with Gasteiger partial charge < -0.3 is 0 Å². The van der Waals surface area contributed by atoms with Gasteiger partial charge in [0.2, 0.25) is 0 Å². The van der Waals surface area contributed by atoms with Crippen molar-refractivity contribution in [2.45, 2.75) is 25.0 Å². The van der Waals surface area contributed by atoms with Crippen molar-refractivity contribution in [3.63, 3.8) is 0 Å². The summed E-state index contributed by atoms with van der Waals surface area (Å²) in [6.07, 6.45) is 0. The number of H-pyrrole nitrogens is 1. The minimum Gasteiger partial charge on any atom is -0.299 e. The van der Waals surface area contributed by atoms with E-state index in [2.05, 4.69) is 40.4 Å². The molecular weight excluding hydrogens is 212 g/mol. The highest BCUT2D eigenvalue weighted by molar-refractivity contribution is 7.99. The van der Waals surface area contributed by atoms with E-state index in [0.29, 0.717) is 5.37 Å². The average molecular weight is 228 g/mol. The second-order valence-electron chi connectivity index (χ2n) is 4.51. The number of rotatable bonds is 2. The zero-order valence-corrected chi connectivity index (χ0v) is 10.6. The largest absolute Gasteiger partial charge is 0.299 e. The smallest absolute Gasteiger partial charge is 0.108 e. The first-order valence-corrected chi connectivity index (χ1v) is 9.40. The summed E-state index contributed by atoms with van der Waals surface area (Å²) in [6.45, 7) is 7.98. The molecule has 1 aromatic heterocycles. The van der Waals surface area contributed by atoms with Crippen molar-refractivity contribution in [2.75, 3.05) is 12.3 Å². The summed E-state index contributed by atoms with van der Waals surface area (Å²) in [5.41, 5.74) is 1.13. The van der Waals surface area contributed by atoms with Gasteiger partial charge in [0.15, 0.2) is 0 Å². The molecule has 1 atom stereocenters. The number of aromatic nitrogens is 3. The van der Waals surface area contributed by atoms with Crippen LogP contribution in [0, 0.1) is 0 Å². The molecule has 0 aromatic carbocycles. The minimum atomic E-state index is -1.35. The Morgan fingerprint density at radius 2 is 2.14 bits per heavy atom. The lowest BCUT2D eigenvalue weighted by atomic mass is 10.4. The Labute approximate surface area is 89.3 Å². The van der Waals surface area contributed by atoms with Crippen LogP contribution < -0.4 is 10.6 Å². The van der Waals surface area contributed by atoms with E-state index < -0.39 is 8.07 Å². The van der Waals surface area contributed by atoms with Crippen molar-refractivity contribution < 1.29 is 0 Å². The summed E-state index contributed by atoms with van der Waals surface area (Å²) in [5.74, 6) is 1.17. The normalized spacial score (nSPS) is 22.9. The first kappa shape index (κ1) is 10.2. The molecule has 0 radical (unpaired) electrons. The molecule has 6 heteroatoms. The quantitative estimate of drug-likeness (QED) is 0.731. The maximum absolute atomic E-state index is 4.30. The predicted molar refractivity (Wildman–Crippen MR) is 62.6 cm³/mol. The van der Waals surface area contributed by atoms with Gasteiger partial charge in [-0.15, -0.1) is 11.8 Å². The molecule has 0 spiro atoms. The van der Waals surface area contributed by atoms with Crippen LogP contribution in [0.4, 0.5) is 0 Å². The number of thioether (sulfide) groups is 1. The molecule has 0 aliphatic carbocycles. The Bertz CT molecular complexity index is 313. The fourth-order valence-corrected chi connectivity index (χ4v) is 4.06. The van der Waals surface area contributed by atoms with Crippen LogP contribution in [0.3, 0.4) is 0 Å². The third kappa shape index (κ3) is 1.87. The molecule has 2 N–H and O–H groups in total. The van der Waals surface area contributed by atoms with Crippen molar-refractivity contribution in [1.29, 1.82) is 0 Å². The molecule has 1 aliphatic rings. The van der Waals surface area contributed by atoms with Crippen molar-refractivity contribution in [1.82, 2.24) is 20.7 Å². The Morgan fingerprint density at radius 1 is 1.36 bits per heavy atom. The maximum atomic E-state index is 4.30. The van der Waals surface area contributed by atoms with E-state index in [0.717, 1.165) is 12.2 Å². The highest BCUT2D eigenvalue weighted by atomic mass is 32.2. The number of hydrogen-bond donors (Lipinski definition) is 2. The molecule has 14 heavy (non-hydrogen) atoms. The Kier molecular flexibility index (Phi) is 2.67. The monoisotopic (exact) mass is 228 g/mol. The van der Waals surface area contributed by atoms with Crippen LogP contribution >= 0.6 is 11.8 Å². The van der Waals surface area contributed by atoms with Crippen molar-refractivity contribution in [3.05, 3.63) is 5.69 Å². The Balaban J connectivity index is 2.29. The first-order chi connectivity index (χ1) is 6.59. The summed E-state index contributed by atoms with van der Waals surface area (Å²) < 4.78 is 0. The second-order valence-corrected chi connectivity index (χ2v) is 10.7. The summed E-state index contributed by atoms with van der Waals surface area (Å²) in [7, 11) is -1.35. The lowest BCUT2D eigenvalue weighted by Crippen LogP contribution is -2.42. The number of nitrogens with zero attached hydrogens (tertiary/aromatic N) is 2. The molecule has 0 saturated carbocycles. The van der Waals surface area contributed by atoms with Gasteiger partial charge in [0.1, 0.15) is 13.8 Å². The lowest BCUT2D eigenvalue weighted by Gasteiger charge is -2.16. The van der Waals surface area contributed by atoms with Crippen LogP contribution in [0.25, 0.3) is 0 Å². The minimum absolute atomic E-state index is 0.357. The topological polar surface area (TPSA) is 53.6 Å². The van der Waals surface area contributed by atoms with E-state index in [1.165, 1.54) is 11.1 Å². The van der Waals surface area contributed by atoms with E-state index >= 15 is 0 Å². The summed E-state index contributed by atoms with van der Waals surface area (Å²) >= 11 is 1.92. The lowest BCUT2D eigenvalue weighted by molar-refractivity contribution is 0.729. The van der Waals surface area contributed by atoms with Gasteiger partial charge >= 0.3 is 0 Å². The fraction of sp³-hybridized carbons (Fsp3) is 0.750. The van der Waals surface area contributed by atoms with Crippen LogP contribution in [0.15, 0.2) is 0 Å². The van der Waals surface area contributed by atoms with E-state index in [-0.39, 0.29) is 0 Å². The van der Waals surface area contributed by atoms with Gasteiger partial charge in [0.25, 0.3) is 0 Å². The molecule has 4 nitrogen and oxygen atoms in total. The van der Waals surface area contributed by atoms with Crippen LogP contribution in [0.2, 0.25) is 19.6 Å². The highest BCUT2D eigenvalue weighted by Gasteiger charge is 2.30. The second kappa shape index (κ2) is 3.67. The molecular formula is C8H16N4SSi. The van der Waals surface area contributed by atoms with E-state index in [1.807, 2.05) is 11.8 Å². The number of nitrogens with one attached hydrogen (secondary N) is 2. The molecule has 78 valence electrons. The molecule has 1 unspecified atom stereocenters. The van der Waals surface area contributed by atoms with Crippen LogP contribution in [-0.4, -0.2) is 35.8 Å². The zero-order valence-electron chi connectivity index (χ0n) is 8.79. The van der Waals surface area contributed by atoms with Gasteiger partial charge in [-0.1, -0.05) is 19.6 Å². The van der Waals surface area contributed by atoms with Crippen molar-refractivity contribution in [2.24, 2.45) is 0 Å². The molecule has 1 saturated heterocycles. The number of aromatic amines is 1. The van der Waals surface area contributed by atoms with Crippen LogP contribution in [-0.2, 0) is 0 Å². The van der Waals surface area contributed by atoms with E-state index in [9.17, 15) is 0 Å². The van der Waals surface area contributed by atoms with Gasteiger partial charge in [-0.25, -0.2) is 0 Å². The van der Waals surface area contributed by atoms with Gasteiger partial charge in [0.05, 0.1) is 10.7 Å². The zero-order chi connectivity index (χ0) is 10.2. The number of hydrogen-bond acceptors (Lipinski definition) is 4. The van der Waals surface area contributed by atoms with Crippen LogP contribution in [0.1, 0.15) is 11.1 Å². The van der Waals surface area contributed by atoms with Gasteiger partial charge in [0, 0.05) is 12.3 Å². The third-order valence-corrected chi connectivity index (χ3v) is 5.20. The van der Waals surface area contributed by atoms with Gasteiger partial charge in [-0.05, 0) is 0 Å². The van der Waals surface area contributed by atoms with Gasteiger partial charge in [-0.2, -0.15) is 15.4 Å². The standard InChI is InChI=1S/C8H16N4SSi/c1-14(2,3)8-6(10-12-11-8)7-9-4-5-13-7/h7,9H,4-5H2,1-3H3,(H,10,11,12). The first-order valence-electron chi connectivity index (χ1n) is 4.85. The van der Waals surface area contributed by atoms with E-state index in [4.69, 9.17) is 0 Å². The molecule has 0 bridgehead atoms. The fourth-order valence-electron chi connectivity index (χ4n) is 1.58. The molecule has 2 rings (SSSR count). The molecule has 1 aliphatic heterocycles.